The van der Waals surface area contributed by atoms with E-state index in [1.165, 1.54) is 11.1 Å². The van der Waals surface area contributed by atoms with Crippen molar-refractivity contribution in [2.24, 2.45) is 0 Å². The number of nitrogens with one attached hydrogen (secondary N) is 1. The third kappa shape index (κ3) is 6.40. The molecule has 5 nitrogen and oxygen atoms in total. The number of morpholine rings is 1. The van der Waals surface area contributed by atoms with Crippen molar-refractivity contribution in [3.05, 3.63) is 78.8 Å². The average Bonchev–Trinajstić information content (AvgIpc) is 3.33. The summed E-state index contributed by atoms with van der Waals surface area (Å²) in [6.45, 7) is 6.25. The highest BCUT2D eigenvalue weighted by Crippen LogP contribution is 2.21. The Morgan fingerprint density at radius 3 is 2.39 bits per heavy atom. The molecule has 0 saturated carbocycles. The molecule has 2 heterocycles. The fourth-order valence-corrected chi connectivity index (χ4v) is 4.01. The molecule has 0 amide bonds. The monoisotopic (exact) mass is 435 g/mol. The molecule has 0 bridgehead atoms. The number of rotatable bonds is 8. The zero-order valence-corrected chi connectivity index (χ0v) is 18.5. The van der Waals surface area contributed by atoms with Gasteiger partial charge in [0, 0.05) is 31.9 Å². The van der Waals surface area contributed by atoms with Crippen LogP contribution in [-0.2, 0) is 11.3 Å². The van der Waals surface area contributed by atoms with Crippen LogP contribution in [0.5, 0.6) is 0 Å². The molecule has 0 spiro atoms. The van der Waals surface area contributed by atoms with E-state index in [1.807, 2.05) is 18.2 Å². The molecule has 162 valence electrons. The second kappa shape index (κ2) is 11.1. The van der Waals surface area contributed by atoms with Crippen molar-refractivity contribution in [1.82, 2.24) is 9.80 Å². The molecule has 1 aliphatic rings. The molecular formula is C25H29N3O2S. The Balaban J connectivity index is 1.36. The molecule has 3 aromatic rings. The predicted molar refractivity (Wildman–Crippen MR) is 129 cm³/mol. The molecule has 0 unspecified atom stereocenters. The minimum Gasteiger partial charge on any atom is -0.467 e. The summed E-state index contributed by atoms with van der Waals surface area (Å²) in [5.41, 5.74) is 3.39. The Labute approximate surface area is 189 Å². The minimum absolute atomic E-state index is 0.657. The Morgan fingerprint density at radius 1 is 0.935 bits per heavy atom. The van der Waals surface area contributed by atoms with Crippen LogP contribution in [0.4, 0.5) is 5.69 Å². The molecule has 0 atom stereocenters. The molecule has 1 aromatic heterocycles. The van der Waals surface area contributed by atoms with E-state index >= 15 is 0 Å². The first kappa shape index (κ1) is 21.6. The summed E-state index contributed by atoms with van der Waals surface area (Å²) in [5, 5.41) is 4.12. The molecule has 1 N–H and O–H groups in total. The van der Waals surface area contributed by atoms with Gasteiger partial charge in [-0.1, -0.05) is 42.5 Å². The van der Waals surface area contributed by atoms with Gasteiger partial charge in [-0.2, -0.15) is 0 Å². The van der Waals surface area contributed by atoms with Crippen LogP contribution in [0.15, 0.2) is 77.4 Å². The Morgan fingerprint density at radius 2 is 1.68 bits per heavy atom. The lowest BCUT2D eigenvalue weighted by Crippen LogP contribution is -2.39. The molecule has 1 aliphatic heterocycles. The average molecular weight is 436 g/mol. The van der Waals surface area contributed by atoms with E-state index in [0.717, 1.165) is 57.3 Å². The number of anilines is 1. The first-order valence-electron chi connectivity index (χ1n) is 10.8. The summed E-state index contributed by atoms with van der Waals surface area (Å²) in [5.74, 6) is 0.912. The van der Waals surface area contributed by atoms with Crippen molar-refractivity contribution < 1.29 is 9.15 Å². The lowest BCUT2D eigenvalue weighted by atomic mass is 10.1. The second-order valence-electron chi connectivity index (χ2n) is 7.68. The van der Waals surface area contributed by atoms with Crippen LogP contribution in [0.2, 0.25) is 0 Å². The standard InChI is InChI=1S/C25H29N3O2S/c31-25(26-23-11-9-22(10-12-23)21-6-2-1-3-7-21)28(20-24-8-4-17-30-24)14-5-13-27-15-18-29-19-16-27/h1-4,6-12,17H,5,13-16,18-20H2,(H,26,31). The normalized spacial score (nSPS) is 14.3. The van der Waals surface area contributed by atoms with Gasteiger partial charge >= 0.3 is 0 Å². The quantitative estimate of drug-likeness (QED) is 0.509. The van der Waals surface area contributed by atoms with E-state index < -0.39 is 0 Å². The molecule has 1 saturated heterocycles. The van der Waals surface area contributed by atoms with Crippen LogP contribution in [0.1, 0.15) is 12.2 Å². The van der Waals surface area contributed by atoms with Crippen LogP contribution < -0.4 is 5.32 Å². The third-order valence-electron chi connectivity index (χ3n) is 5.46. The zero-order chi connectivity index (χ0) is 21.3. The second-order valence-corrected chi connectivity index (χ2v) is 8.07. The van der Waals surface area contributed by atoms with Crippen molar-refractivity contribution in [2.75, 3.05) is 44.7 Å². The highest BCUT2D eigenvalue weighted by atomic mass is 32.1. The van der Waals surface area contributed by atoms with E-state index in [2.05, 4.69) is 63.6 Å². The van der Waals surface area contributed by atoms with Crippen molar-refractivity contribution in [3.63, 3.8) is 0 Å². The van der Waals surface area contributed by atoms with Crippen LogP contribution in [-0.4, -0.2) is 54.3 Å². The van der Waals surface area contributed by atoms with Crippen molar-refractivity contribution in [1.29, 1.82) is 0 Å². The highest BCUT2D eigenvalue weighted by molar-refractivity contribution is 7.80. The van der Waals surface area contributed by atoms with Crippen molar-refractivity contribution >= 4 is 23.0 Å². The summed E-state index contributed by atoms with van der Waals surface area (Å²) < 4.78 is 11.0. The van der Waals surface area contributed by atoms with E-state index in [1.54, 1.807) is 6.26 Å². The fraction of sp³-hybridized carbons (Fsp3) is 0.320. The third-order valence-corrected chi connectivity index (χ3v) is 5.82. The molecule has 0 radical (unpaired) electrons. The summed E-state index contributed by atoms with van der Waals surface area (Å²) in [6, 6.07) is 22.7. The van der Waals surface area contributed by atoms with E-state index in [0.29, 0.717) is 11.7 Å². The maximum atomic E-state index is 5.77. The number of ether oxygens (including phenoxy) is 1. The Kier molecular flexibility index (Phi) is 7.71. The fourth-order valence-electron chi connectivity index (χ4n) is 3.73. The predicted octanol–water partition coefficient (Wildman–Crippen LogP) is 4.87. The SMILES string of the molecule is S=C(Nc1ccc(-c2ccccc2)cc1)N(CCCN1CCOCC1)Cc1ccco1. The molecule has 0 aliphatic carbocycles. The van der Waals surface area contributed by atoms with E-state index in [-0.39, 0.29) is 0 Å². The number of thiocarbonyl (C=S) groups is 1. The van der Waals surface area contributed by atoms with Gasteiger partial charge in [-0.3, -0.25) is 4.90 Å². The van der Waals surface area contributed by atoms with Crippen LogP contribution in [0, 0.1) is 0 Å². The maximum absolute atomic E-state index is 5.77. The van der Waals surface area contributed by atoms with Crippen molar-refractivity contribution in [3.8, 4) is 11.1 Å². The van der Waals surface area contributed by atoms with E-state index in [9.17, 15) is 0 Å². The van der Waals surface area contributed by atoms with Gasteiger partial charge in [0.05, 0.1) is 26.0 Å². The first-order valence-corrected chi connectivity index (χ1v) is 11.2. The number of benzene rings is 2. The van der Waals surface area contributed by atoms with Gasteiger partial charge in [0.1, 0.15) is 5.76 Å². The number of nitrogens with zero attached hydrogens (tertiary/aromatic N) is 2. The van der Waals surface area contributed by atoms with Gasteiger partial charge in [0.2, 0.25) is 0 Å². The highest BCUT2D eigenvalue weighted by Gasteiger charge is 2.15. The molecule has 31 heavy (non-hydrogen) atoms. The molecule has 1 fully saturated rings. The zero-order valence-electron chi connectivity index (χ0n) is 17.7. The molecule has 6 heteroatoms. The van der Waals surface area contributed by atoms with Gasteiger partial charge in [-0.15, -0.1) is 0 Å². The first-order chi connectivity index (χ1) is 15.3. The lowest BCUT2D eigenvalue weighted by molar-refractivity contribution is 0.0367. The minimum atomic E-state index is 0.657. The maximum Gasteiger partial charge on any atom is 0.173 e. The van der Waals surface area contributed by atoms with Gasteiger partial charge in [-0.05, 0) is 54.0 Å². The summed E-state index contributed by atoms with van der Waals surface area (Å²) in [6.07, 6.45) is 2.75. The Bertz CT molecular complexity index is 923. The largest absolute Gasteiger partial charge is 0.467 e. The van der Waals surface area contributed by atoms with Crippen LogP contribution >= 0.6 is 12.2 Å². The van der Waals surface area contributed by atoms with E-state index in [4.69, 9.17) is 21.4 Å². The molecule has 2 aromatic carbocycles. The van der Waals surface area contributed by atoms with Crippen LogP contribution in [0.3, 0.4) is 0 Å². The number of furan rings is 1. The number of hydrogen-bond acceptors (Lipinski definition) is 4. The number of hydrogen-bond donors (Lipinski definition) is 1. The topological polar surface area (TPSA) is 40.9 Å². The van der Waals surface area contributed by atoms with Crippen molar-refractivity contribution in [2.45, 2.75) is 13.0 Å². The van der Waals surface area contributed by atoms with Gasteiger partial charge < -0.3 is 19.4 Å². The van der Waals surface area contributed by atoms with Crippen LogP contribution in [0.25, 0.3) is 11.1 Å². The Hall–Kier alpha value is -2.67. The molecule has 4 rings (SSSR count). The lowest BCUT2D eigenvalue weighted by Gasteiger charge is -2.29. The molecular weight excluding hydrogens is 406 g/mol. The summed E-state index contributed by atoms with van der Waals surface area (Å²) in [4.78, 5) is 4.63. The summed E-state index contributed by atoms with van der Waals surface area (Å²) >= 11 is 5.77. The smallest absolute Gasteiger partial charge is 0.173 e. The summed E-state index contributed by atoms with van der Waals surface area (Å²) in [7, 11) is 0. The van der Waals surface area contributed by atoms with Gasteiger partial charge in [0.15, 0.2) is 5.11 Å². The van der Waals surface area contributed by atoms with Gasteiger partial charge in [0.25, 0.3) is 0 Å². The van der Waals surface area contributed by atoms with Gasteiger partial charge in [-0.25, -0.2) is 0 Å².